The van der Waals surface area contributed by atoms with Gasteiger partial charge in [0.1, 0.15) is 18.0 Å². The number of carbonyl (C=O) groups excluding carboxylic acids is 1. The van der Waals surface area contributed by atoms with Gasteiger partial charge in [-0.25, -0.2) is 0 Å². The van der Waals surface area contributed by atoms with E-state index in [4.69, 9.17) is 20.5 Å². The Labute approximate surface area is 200 Å². The summed E-state index contributed by atoms with van der Waals surface area (Å²) in [5.74, 6) is 0.741. The molecule has 0 aromatic heterocycles. The highest BCUT2D eigenvalue weighted by Crippen LogP contribution is 2.44. The average molecular weight is 472 g/mol. The molecule has 0 bridgehead atoms. The Morgan fingerprint density at radius 2 is 1.84 bits per heavy atom. The third-order valence-electron chi connectivity index (χ3n) is 5.56. The van der Waals surface area contributed by atoms with Gasteiger partial charge in [-0.15, -0.1) is 13.2 Å². The lowest BCUT2D eigenvalue weighted by Crippen LogP contribution is -2.42. The van der Waals surface area contributed by atoms with Gasteiger partial charge in [-0.05, 0) is 75.6 Å². The summed E-state index contributed by atoms with van der Waals surface area (Å²) in [6, 6.07) is 13.5. The van der Waals surface area contributed by atoms with Gasteiger partial charge < -0.3 is 9.64 Å². The minimum absolute atomic E-state index is 0.0597. The average Bonchev–Trinajstić information content (AvgIpc) is 2.87. The fourth-order valence-corrected chi connectivity index (χ4v) is 4.63. The predicted octanol–water partition coefficient (Wildman–Crippen LogP) is 7.18. The Hall–Kier alpha value is -2.21. The van der Waals surface area contributed by atoms with Crippen molar-refractivity contribution in [2.45, 2.75) is 44.1 Å². The van der Waals surface area contributed by atoms with E-state index >= 15 is 0 Å². The van der Waals surface area contributed by atoms with Gasteiger partial charge >= 0.3 is 0 Å². The van der Waals surface area contributed by atoms with Crippen LogP contribution in [-0.2, 0) is 14.6 Å². The second-order valence-electron chi connectivity index (χ2n) is 8.50. The molecule has 0 atom stereocenters. The van der Waals surface area contributed by atoms with Crippen LogP contribution in [0.15, 0.2) is 72.7 Å². The number of fused-ring (bicyclic) bond motifs is 1. The maximum Gasteiger partial charge on any atom is 0.236 e. The molecule has 0 fully saturated rings. The molecule has 1 aliphatic heterocycles. The van der Waals surface area contributed by atoms with Crippen molar-refractivity contribution in [1.29, 1.82) is 0 Å². The smallest absolute Gasteiger partial charge is 0.236 e. The summed E-state index contributed by atoms with van der Waals surface area (Å²) < 4.78 is 12.6. The molecular formula is C26H30ClNO3S. The predicted molar refractivity (Wildman–Crippen MR) is 133 cm³/mol. The van der Waals surface area contributed by atoms with Crippen LogP contribution in [0.5, 0.6) is 5.75 Å². The number of carbonyl (C=O) groups is 1. The van der Waals surface area contributed by atoms with E-state index in [-0.39, 0.29) is 5.91 Å². The summed E-state index contributed by atoms with van der Waals surface area (Å²) in [5.41, 5.74) is 0.439. The number of hydrogen-bond acceptors (Lipinski definition) is 4. The zero-order valence-electron chi connectivity index (χ0n) is 18.9. The van der Waals surface area contributed by atoms with Crippen LogP contribution >= 0.6 is 23.6 Å². The van der Waals surface area contributed by atoms with Crippen molar-refractivity contribution in [2.24, 2.45) is 5.41 Å². The number of hydrogen-bond donors (Lipinski definition) is 0. The summed E-state index contributed by atoms with van der Waals surface area (Å²) in [4.78, 5) is 15.7. The molecule has 1 heterocycles. The topological polar surface area (TPSA) is 38.8 Å². The van der Waals surface area contributed by atoms with Gasteiger partial charge in [0.2, 0.25) is 5.91 Å². The standard InChI is InChI=1S/C26H30ClNO3S/c1-6-15-26(16-7-2,31-32-21-12-10-20(27)11-13-21)19-9-14-22-23(17-19)30-18-25(4,5)24(29)28(22)8-3/h6-7,9-14,17H,1-2,8,15-16,18H2,3-5H3. The minimum Gasteiger partial charge on any atom is -0.490 e. The van der Waals surface area contributed by atoms with Crippen molar-refractivity contribution in [3.63, 3.8) is 0 Å². The van der Waals surface area contributed by atoms with Gasteiger partial charge in [0, 0.05) is 28.5 Å². The molecule has 6 heteroatoms. The molecule has 0 saturated carbocycles. The zero-order chi connectivity index (χ0) is 23.4. The van der Waals surface area contributed by atoms with Crippen LogP contribution in [0.3, 0.4) is 0 Å². The highest BCUT2D eigenvalue weighted by atomic mass is 35.5. The van der Waals surface area contributed by atoms with E-state index in [0.29, 0.717) is 36.8 Å². The number of amides is 1. The number of rotatable bonds is 9. The molecule has 170 valence electrons. The third-order valence-corrected chi connectivity index (χ3v) is 6.68. The highest BCUT2D eigenvalue weighted by Gasteiger charge is 2.39. The molecule has 2 aromatic rings. The van der Waals surface area contributed by atoms with Crippen LogP contribution < -0.4 is 9.64 Å². The highest BCUT2D eigenvalue weighted by molar-refractivity contribution is 7.94. The van der Waals surface area contributed by atoms with Crippen LogP contribution in [0.1, 0.15) is 39.2 Å². The van der Waals surface area contributed by atoms with E-state index in [1.54, 1.807) is 4.90 Å². The van der Waals surface area contributed by atoms with Gasteiger partial charge in [0.25, 0.3) is 0 Å². The van der Waals surface area contributed by atoms with Gasteiger partial charge in [0.15, 0.2) is 0 Å². The molecule has 0 N–H and O–H groups in total. The molecule has 4 nitrogen and oxygen atoms in total. The molecule has 1 amide bonds. The summed E-state index contributed by atoms with van der Waals surface area (Å²) in [6.45, 7) is 14.6. The normalized spacial score (nSPS) is 15.5. The van der Waals surface area contributed by atoms with E-state index < -0.39 is 11.0 Å². The van der Waals surface area contributed by atoms with Gasteiger partial charge in [-0.1, -0.05) is 29.8 Å². The van der Waals surface area contributed by atoms with E-state index in [1.165, 1.54) is 12.0 Å². The molecule has 0 saturated heterocycles. The summed E-state index contributed by atoms with van der Waals surface area (Å²) in [6.07, 6.45) is 4.87. The van der Waals surface area contributed by atoms with E-state index in [0.717, 1.165) is 16.1 Å². The first-order valence-electron chi connectivity index (χ1n) is 10.7. The molecular weight excluding hydrogens is 442 g/mol. The molecule has 0 spiro atoms. The molecule has 2 aromatic carbocycles. The van der Waals surface area contributed by atoms with Gasteiger partial charge in [-0.2, -0.15) is 0 Å². The van der Waals surface area contributed by atoms with E-state index in [9.17, 15) is 4.79 Å². The Balaban J connectivity index is 2.01. The van der Waals surface area contributed by atoms with Crippen LogP contribution in [0.25, 0.3) is 0 Å². The maximum atomic E-state index is 13.0. The molecule has 3 rings (SSSR count). The monoisotopic (exact) mass is 471 g/mol. The van der Waals surface area contributed by atoms with Crippen molar-refractivity contribution in [1.82, 2.24) is 0 Å². The quantitative estimate of drug-likeness (QED) is 0.286. The van der Waals surface area contributed by atoms with Crippen molar-refractivity contribution in [3.05, 3.63) is 78.4 Å². The van der Waals surface area contributed by atoms with Crippen molar-refractivity contribution in [3.8, 4) is 5.75 Å². The minimum atomic E-state index is -0.685. The fourth-order valence-electron chi connectivity index (χ4n) is 3.76. The largest absolute Gasteiger partial charge is 0.490 e. The number of halogens is 1. The van der Waals surface area contributed by atoms with Crippen LogP contribution in [-0.4, -0.2) is 19.1 Å². The van der Waals surface area contributed by atoms with Gasteiger partial charge in [-0.3, -0.25) is 8.98 Å². The lowest BCUT2D eigenvalue weighted by Gasteiger charge is -2.32. The van der Waals surface area contributed by atoms with E-state index in [1.807, 2.05) is 75.4 Å². The molecule has 0 radical (unpaired) electrons. The van der Waals surface area contributed by atoms with Crippen LogP contribution in [0.2, 0.25) is 5.02 Å². The first-order chi connectivity index (χ1) is 15.3. The maximum absolute atomic E-state index is 13.0. The Morgan fingerprint density at radius 3 is 2.44 bits per heavy atom. The number of nitrogens with zero attached hydrogens (tertiary/aromatic N) is 1. The second kappa shape index (κ2) is 10.2. The summed E-state index contributed by atoms with van der Waals surface area (Å²) in [7, 11) is 0. The zero-order valence-corrected chi connectivity index (χ0v) is 20.5. The summed E-state index contributed by atoms with van der Waals surface area (Å²) >= 11 is 7.31. The second-order valence-corrected chi connectivity index (χ2v) is 9.75. The number of ether oxygens (including phenoxy) is 1. The Morgan fingerprint density at radius 1 is 1.19 bits per heavy atom. The molecule has 0 aliphatic carbocycles. The van der Waals surface area contributed by atoms with Crippen molar-refractivity contribution < 1.29 is 13.7 Å². The van der Waals surface area contributed by atoms with Crippen molar-refractivity contribution >= 4 is 35.2 Å². The van der Waals surface area contributed by atoms with Gasteiger partial charge in [0.05, 0.1) is 11.1 Å². The number of benzene rings is 2. The van der Waals surface area contributed by atoms with Crippen LogP contribution in [0.4, 0.5) is 5.69 Å². The van der Waals surface area contributed by atoms with Crippen molar-refractivity contribution in [2.75, 3.05) is 18.1 Å². The number of anilines is 1. The van der Waals surface area contributed by atoms with E-state index in [2.05, 4.69) is 13.2 Å². The van der Waals surface area contributed by atoms with Crippen LogP contribution in [0, 0.1) is 5.41 Å². The lowest BCUT2D eigenvalue weighted by atomic mass is 9.87. The first kappa shape index (κ1) is 24.4. The Kier molecular flexibility index (Phi) is 7.75. The lowest BCUT2D eigenvalue weighted by molar-refractivity contribution is -0.127. The fraction of sp³-hybridized carbons (Fsp3) is 0.346. The molecule has 1 aliphatic rings. The SMILES string of the molecule is C=CCC(CC=C)(OSc1ccc(Cl)cc1)c1ccc2c(c1)OCC(C)(C)C(=O)N2CC. The Bertz CT molecular complexity index is 977. The first-order valence-corrected chi connectivity index (χ1v) is 11.8. The third kappa shape index (κ3) is 5.06. The molecule has 32 heavy (non-hydrogen) atoms. The summed E-state index contributed by atoms with van der Waals surface area (Å²) in [5, 5.41) is 0.679. The molecule has 0 unspecified atom stereocenters.